The van der Waals surface area contributed by atoms with E-state index in [-0.39, 0.29) is 23.5 Å². The van der Waals surface area contributed by atoms with E-state index in [1.54, 1.807) is 6.92 Å². The first-order valence-electron chi connectivity index (χ1n) is 8.59. The van der Waals surface area contributed by atoms with Gasteiger partial charge in [-0.2, -0.15) is 0 Å². The third-order valence-electron chi connectivity index (χ3n) is 4.89. The standard InChI is InChI=1S/C19H21NO4/c1-3-24-19(22)16-17(21)14-8-12(10-4-5-10)13(11-6-7-11)9-15(14)20-18(16)23-2/h8-11H,3-7H2,1-2H3,(H,20,21). The molecule has 0 aliphatic heterocycles. The molecule has 4 rings (SSSR count). The van der Waals surface area contributed by atoms with Crippen molar-refractivity contribution in [2.75, 3.05) is 13.7 Å². The van der Waals surface area contributed by atoms with Crippen LogP contribution >= 0.6 is 0 Å². The predicted octanol–water partition coefficient (Wildman–Crippen LogP) is 3.47. The molecular formula is C19H21NO4. The molecule has 24 heavy (non-hydrogen) atoms. The summed E-state index contributed by atoms with van der Waals surface area (Å²) in [5.41, 5.74) is 3.01. The first-order chi connectivity index (χ1) is 11.6. The molecule has 1 aromatic carbocycles. The van der Waals surface area contributed by atoms with Crippen molar-refractivity contribution in [3.8, 4) is 5.88 Å². The highest BCUT2D eigenvalue weighted by Crippen LogP contribution is 2.49. The van der Waals surface area contributed by atoms with Crippen LogP contribution in [-0.2, 0) is 4.74 Å². The van der Waals surface area contributed by atoms with E-state index in [1.807, 2.05) is 6.07 Å². The largest absolute Gasteiger partial charge is 0.482 e. The lowest BCUT2D eigenvalue weighted by atomic mass is 9.96. The van der Waals surface area contributed by atoms with Gasteiger partial charge in [-0.3, -0.25) is 4.79 Å². The van der Waals surface area contributed by atoms with Crippen LogP contribution in [0.25, 0.3) is 10.9 Å². The van der Waals surface area contributed by atoms with E-state index in [9.17, 15) is 9.59 Å². The summed E-state index contributed by atoms with van der Waals surface area (Å²) in [5, 5.41) is 0.546. The molecule has 2 aromatic rings. The number of H-pyrrole nitrogens is 1. The monoisotopic (exact) mass is 327 g/mol. The average molecular weight is 327 g/mol. The minimum Gasteiger partial charge on any atom is -0.482 e. The molecule has 1 aromatic heterocycles. The third kappa shape index (κ3) is 2.48. The van der Waals surface area contributed by atoms with Crippen molar-refractivity contribution in [3.05, 3.63) is 39.0 Å². The van der Waals surface area contributed by atoms with Gasteiger partial charge < -0.3 is 14.5 Å². The third-order valence-corrected chi connectivity index (χ3v) is 4.89. The van der Waals surface area contributed by atoms with E-state index in [1.165, 1.54) is 43.9 Å². The number of benzene rings is 1. The van der Waals surface area contributed by atoms with Crippen LogP contribution in [0.15, 0.2) is 16.9 Å². The molecule has 0 spiro atoms. The summed E-state index contributed by atoms with van der Waals surface area (Å²) in [6, 6.07) is 4.07. The van der Waals surface area contributed by atoms with Crippen LogP contribution in [0.1, 0.15) is 65.9 Å². The fourth-order valence-corrected chi connectivity index (χ4v) is 3.38. The topological polar surface area (TPSA) is 68.4 Å². The smallest absolute Gasteiger partial charge is 0.347 e. The molecule has 5 nitrogen and oxygen atoms in total. The number of fused-ring (bicyclic) bond motifs is 1. The number of carbonyl (C=O) groups is 1. The molecule has 0 saturated heterocycles. The molecular weight excluding hydrogens is 306 g/mol. The Kier molecular flexibility index (Phi) is 3.59. The maximum absolute atomic E-state index is 12.9. The molecule has 0 unspecified atom stereocenters. The highest BCUT2D eigenvalue weighted by Gasteiger charge is 2.33. The number of methoxy groups -OCH3 is 1. The number of aromatic amines is 1. The lowest BCUT2D eigenvalue weighted by molar-refractivity contribution is 0.0520. The summed E-state index contributed by atoms with van der Waals surface area (Å²) >= 11 is 0. The second-order valence-electron chi connectivity index (χ2n) is 6.66. The van der Waals surface area contributed by atoms with Gasteiger partial charge in [0.1, 0.15) is 0 Å². The quantitative estimate of drug-likeness (QED) is 0.854. The number of nitrogens with one attached hydrogen (secondary N) is 1. The van der Waals surface area contributed by atoms with E-state index >= 15 is 0 Å². The molecule has 126 valence electrons. The van der Waals surface area contributed by atoms with Gasteiger partial charge in [0.25, 0.3) is 0 Å². The lowest BCUT2D eigenvalue weighted by Gasteiger charge is -2.13. The van der Waals surface area contributed by atoms with Crippen molar-refractivity contribution in [2.24, 2.45) is 0 Å². The Hall–Kier alpha value is -2.30. The highest BCUT2D eigenvalue weighted by atomic mass is 16.5. The average Bonchev–Trinajstić information content (AvgIpc) is 3.46. The summed E-state index contributed by atoms with van der Waals surface area (Å²) in [5.74, 6) is 0.713. The van der Waals surface area contributed by atoms with Gasteiger partial charge in [-0.25, -0.2) is 4.79 Å². The molecule has 2 aliphatic carbocycles. The molecule has 2 fully saturated rings. The predicted molar refractivity (Wildman–Crippen MR) is 91.0 cm³/mol. The maximum atomic E-state index is 12.9. The summed E-state index contributed by atoms with van der Waals surface area (Å²) in [4.78, 5) is 28.2. The Labute approximate surface area is 140 Å². The molecule has 2 saturated carbocycles. The number of carbonyl (C=O) groups excluding carboxylic acids is 1. The number of pyridine rings is 1. The Balaban J connectivity index is 1.95. The summed E-state index contributed by atoms with van der Waals surface area (Å²) in [6.07, 6.45) is 4.80. The Morgan fingerprint density at radius 3 is 2.33 bits per heavy atom. The van der Waals surface area contributed by atoms with Crippen LogP contribution in [0.5, 0.6) is 5.88 Å². The highest BCUT2D eigenvalue weighted by molar-refractivity contribution is 5.96. The fourth-order valence-electron chi connectivity index (χ4n) is 3.38. The van der Waals surface area contributed by atoms with Crippen molar-refractivity contribution >= 4 is 16.9 Å². The van der Waals surface area contributed by atoms with Gasteiger partial charge in [0.05, 0.1) is 19.2 Å². The normalized spacial score (nSPS) is 17.1. The zero-order valence-corrected chi connectivity index (χ0v) is 14.0. The molecule has 1 heterocycles. The van der Waals surface area contributed by atoms with Crippen LogP contribution in [-0.4, -0.2) is 24.7 Å². The molecule has 1 N–H and O–H groups in total. The van der Waals surface area contributed by atoms with Gasteiger partial charge >= 0.3 is 5.97 Å². The van der Waals surface area contributed by atoms with E-state index in [4.69, 9.17) is 9.47 Å². The van der Waals surface area contributed by atoms with E-state index in [0.29, 0.717) is 17.2 Å². The fraction of sp³-hybridized carbons (Fsp3) is 0.474. The van der Waals surface area contributed by atoms with Gasteiger partial charge in [0, 0.05) is 5.39 Å². The maximum Gasteiger partial charge on any atom is 0.347 e. The van der Waals surface area contributed by atoms with Crippen LogP contribution in [0.3, 0.4) is 0 Å². The molecule has 0 radical (unpaired) electrons. The van der Waals surface area contributed by atoms with Crippen LogP contribution in [0.2, 0.25) is 0 Å². The number of hydrogen-bond donors (Lipinski definition) is 1. The number of ether oxygens (including phenoxy) is 2. The van der Waals surface area contributed by atoms with Crippen LogP contribution in [0, 0.1) is 0 Å². The lowest BCUT2D eigenvalue weighted by Crippen LogP contribution is -2.20. The van der Waals surface area contributed by atoms with Gasteiger partial charge in [0.2, 0.25) is 11.3 Å². The number of esters is 1. The number of aromatic nitrogens is 1. The van der Waals surface area contributed by atoms with Gasteiger partial charge in [0.15, 0.2) is 5.56 Å². The van der Waals surface area contributed by atoms with E-state index in [0.717, 1.165) is 5.52 Å². The van der Waals surface area contributed by atoms with Crippen molar-refractivity contribution < 1.29 is 14.3 Å². The van der Waals surface area contributed by atoms with E-state index < -0.39 is 5.97 Å². The number of hydrogen-bond acceptors (Lipinski definition) is 4. The first kappa shape index (κ1) is 15.2. The SMILES string of the molecule is CCOC(=O)c1c(OC)[nH]c2cc(C3CC3)c(C3CC3)cc2c1=O. The second kappa shape index (κ2) is 5.65. The van der Waals surface area contributed by atoms with E-state index in [2.05, 4.69) is 11.1 Å². The van der Waals surface area contributed by atoms with Gasteiger partial charge in [-0.1, -0.05) is 0 Å². The first-order valence-corrected chi connectivity index (χ1v) is 8.59. The Morgan fingerprint density at radius 2 is 1.79 bits per heavy atom. The Bertz CT molecular complexity index is 875. The molecule has 0 bridgehead atoms. The molecule has 0 amide bonds. The summed E-state index contributed by atoms with van der Waals surface area (Å²) in [6.45, 7) is 1.93. The Morgan fingerprint density at radius 1 is 1.17 bits per heavy atom. The summed E-state index contributed by atoms with van der Waals surface area (Å²) in [7, 11) is 1.44. The molecule has 0 atom stereocenters. The minimum absolute atomic E-state index is 0.0484. The van der Waals surface area contributed by atoms with Crippen molar-refractivity contribution in [2.45, 2.75) is 44.4 Å². The van der Waals surface area contributed by atoms with Crippen molar-refractivity contribution in [1.29, 1.82) is 0 Å². The van der Waals surface area contributed by atoms with Crippen LogP contribution < -0.4 is 10.2 Å². The van der Waals surface area contributed by atoms with Crippen molar-refractivity contribution in [1.82, 2.24) is 4.98 Å². The van der Waals surface area contributed by atoms with Crippen molar-refractivity contribution in [3.63, 3.8) is 0 Å². The minimum atomic E-state index is -0.642. The van der Waals surface area contributed by atoms with Gasteiger partial charge in [-0.05, 0) is 67.7 Å². The molecule has 2 aliphatic rings. The zero-order valence-electron chi connectivity index (χ0n) is 14.0. The second-order valence-corrected chi connectivity index (χ2v) is 6.66. The van der Waals surface area contributed by atoms with Crippen LogP contribution in [0.4, 0.5) is 0 Å². The number of rotatable bonds is 5. The zero-order chi connectivity index (χ0) is 16.8. The summed E-state index contributed by atoms with van der Waals surface area (Å²) < 4.78 is 10.3. The van der Waals surface area contributed by atoms with Gasteiger partial charge in [-0.15, -0.1) is 0 Å². The molecule has 5 heteroatoms.